The topological polar surface area (TPSA) is 76.8 Å². The van der Waals surface area contributed by atoms with Gasteiger partial charge in [0, 0.05) is 26.1 Å². The van der Waals surface area contributed by atoms with Crippen molar-refractivity contribution in [3.05, 3.63) is 114 Å². The largest absolute Gasteiger partial charge is 0.487 e. The van der Waals surface area contributed by atoms with Gasteiger partial charge in [-0.05, 0) is 48.4 Å². The molecule has 1 N–H and O–H groups in total. The smallest absolute Gasteiger partial charge is 0.226 e. The fourth-order valence-corrected chi connectivity index (χ4v) is 3.51. The molecule has 190 valence electrons. The van der Waals surface area contributed by atoms with Gasteiger partial charge < -0.3 is 14.1 Å². The van der Waals surface area contributed by atoms with Gasteiger partial charge in [0.1, 0.15) is 23.8 Å². The molecule has 7 nitrogen and oxygen atoms in total. The lowest BCUT2D eigenvalue weighted by atomic mass is 10.1. The maximum Gasteiger partial charge on any atom is 0.226 e. The minimum absolute atomic E-state index is 0.0166. The molecule has 0 saturated heterocycles. The Hall–Kier alpha value is -4.36. The van der Waals surface area contributed by atoms with E-state index in [0.717, 1.165) is 39.6 Å². The zero-order valence-corrected chi connectivity index (χ0v) is 21.3. The molecule has 0 fully saturated rings. The number of aryl methyl sites for hydroxylation is 1. The van der Waals surface area contributed by atoms with Crippen molar-refractivity contribution in [3.63, 3.8) is 0 Å². The van der Waals surface area contributed by atoms with E-state index in [4.69, 9.17) is 14.0 Å². The van der Waals surface area contributed by atoms with Crippen LogP contribution in [0.5, 0.6) is 5.75 Å². The molecule has 1 amide bonds. The van der Waals surface area contributed by atoms with E-state index < -0.39 is 0 Å². The van der Waals surface area contributed by atoms with Crippen LogP contribution in [-0.2, 0) is 22.8 Å². The summed E-state index contributed by atoms with van der Waals surface area (Å²) in [5, 5.41) is 0. The summed E-state index contributed by atoms with van der Waals surface area (Å²) in [5.74, 6) is 2.08. The first-order chi connectivity index (χ1) is 18.0. The SMILES string of the molecule is Cc1oc(-c2ccccc2)nc1COc1ccc(CONC(=CCC(=O)N(C)C)c2ccccc2)cc1. The van der Waals surface area contributed by atoms with Crippen LogP contribution in [0, 0.1) is 6.92 Å². The molecular formula is C30H31N3O4. The van der Waals surface area contributed by atoms with Crippen molar-refractivity contribution in [3.8, 4) is 17.2 Å². The number of carbonyl (C=O) groups is 1. The van der Waals surface area contributed by atoms with Crippen molar-refractivity contribution in [1.29, 1.82) is 0 Å². The van der Waals surface area contributed by atoms with Crippen molar-refractivity contribution in [2.45, 2.75) is 26.6 Å². The molecule has 0 radical (unpaired) electrons. The lowest BCUT2D eigenvalue weighted by Gasteiger charge is -2.13. The number of aromatic nitrogens is 1. The van der Waals surface area contributed by atoms with Gasteiger partial charge in [0.15, 0.2) is 0 Å². The Bertz CT molecular complexity index is 1310. The Labute approximate surface area is 217 Å². The zero-order valence-electron chi connectivity index (χ0n) is 21.3. The zero-order chi connectivity index (χ0) is 26.0. The fraction of sp³-hybridized carbons (Fsp3) is 0.200. The molecule has 0 aliphatic carbocycles. The summed E-state index contributed by atoms with van der Waals surface area (Å²) in [6, 6.07) is 27.3. The monoisotopic (exact) mass is 497 g/mol. The van der Waals surface area contributed by atoms with Gasteiger partial charge in [0.05, 0.1) is 12.3 Å². The second kappa shape index (κ2) is 12.6. The molecule has 4 aromatic rings. The summed E-state index contributed by atoms with van der Waals surface area (Å²) in [4.78, 5) is 23.9. The Balaban J connectivity index is 1.31. The van der Waals surface area contributed by atoms with Gasteiger partial charge in [-0.1, -0.05) is 60.7 Å². The highest BCUT2D eigenvalue weighted by Gasteiger charge is 2.12. The molecule has 0 unspecified atom stereocenters. The van der Waals surface area contributed by atoms with Crippen molar-refractivity contribution >= 4 is 11.6 Å². The standard InChI is InChI=1S/C30H31N3O4/c1-22-28(31-30(37-22)25-12-8-5-9-13-25)21-35-26-16-14-23(15-17-26)20-36-32-27(18-19-29(34)33(2)3)24-10-6-4-7-11-24/h4-18,32H,19-21H2,1-3H3. The number of ether oxygens (including phenoxy) is 1. The van der Waals surface area contributed by atoms with Gasteiger partial charge in [-0.3, -0.25) is 15.1 Å². The summed E-state index contributed by atoms with van der Waals surface area (Å²) in [5.41, 5.74) is 7.36. The molecule has 0 spiro atoms. The van der Waals surface area contributed by atoms with Crippen LogP contribution in [-0.4, -0.2) is 29.9 Å². The predicted molar refractivity (Wildman–Crippen MR) is 143 cm³/mol. The second-order valence-corrected chi connectivity index (χ2v) is 8.69. The average molecular weight is 498 g/mol. The van der Waals surface area contributed by atoms with Gasteiger partial charge in [0.25, 0.3) is 0 Å². The van der Waals surface area contributed by atoms with Crippen LogP contribution in [0.2, 0.25) is 0 Å². The van der Waals surface area contributed by atoms with Crippen molar-refractivity contribution in [1.82, 2.24) is 15.4 Å². The highest BCUT2D eigenvalue weighted by atomic mass is 16.6. The number of oxazole rings is 1. The first kappa shape index (κ1) is 25.7. The van der Waals surface area contributed by atoms with Gasteiger partial charge in [-0.25, -0.2) is 4.98 Å². The number of benzene rings is 3. The van der Waals surface area contributed by atoms with E-state index in [1.807, 2.05) is 97.9 Å². The molecule has 37 heavy (non-hydrogen) atoms. The molecule has 1 aromatic heterocycles. The van der Waals surface area contributed by atoms with E-state index in [1.54, 1.807) is 19.0 Å². The quantitative estimate of drug-likeness (QED) is 0.265. The highest BCUT2D eigenvalue weighted by molar-refractivity contribution is 5.79. The van der Waals surface area contributed by atoms with Crippen LogP contribution >= 0.6 is 0 Å². The predicted octanol–water partition coefficient (Wildman–Crippen LogP) is 5.77. The lowest BCUT2D eigenvalue weighted by Crippen LogP contribution is -2.21. The lowest BCUT2D eigenvalue weighted by molar-refractivity contribution is -0.127. The summed E-state index contributed by atoms with van der Waals surface area (Å²) < 4.78 is 11.7. The van der Waals surface area contributed by atoms with Gasteiger partial charge in [0.2, 0.25) is 11.8 Å². The van der Waals surface area contributed by atoms with Crippen LogP contribution in [0.25, 0.3) is 17.2 Å². The molecule has 3 aromatic carbocycles. The van der Waals surface area contributed by atoms with E-state index >= 15 is 0 Å². The Morgan fingerprint density at radius 2 is 1.62 bits per heavy atom. The second-order valence-electron chi connectivity index (χ2n) is 8.69. The first-order valence-electron chi connectivity index (χ1n) is 12.1. The van der Waals surface area contributed by atoms with Gasteiger partial charge in [-0.2, -0.15) is 0 Å². The summed E-state index contributed by atoms with van der Waals surface area (Å²) in [7, 11) is 3.48. The molecular weight excluding hydrogens is 466 g/mol. The van der Waals surface area contributed by atoms with Gasteiger partial charge >= 0.3 is 0 Å². The van der Waals surface area contributed by atoms with Crippen LogP contribution < -0.4 is 10.2 Å². The average Bonchev–Trinajstić information content (AvgIpc) is 3.31. The summed E-state index contributed by atoms with van der Waals surface area (Å²) in [6.07, 6.45) is 2.11. The third-order valence-electron chi connectivity index (χ3n) is 5.70. The number of hydrogen-bond donors (Lipinski definition) is 1. The molecule has 1 heterocycles. The van der Waals surface area contributed by atoms with Crippen molar-refractivity contribution < 1.29 is 18.8 Å². The van der Waals surface area contributed by atoms with E-state index in [9.17, 15) is 4.79 Å². The maximum absolute atomic E-state index is 12.0. The third-order valence-corrected chi connectivity index (χ3v) is 5.70. The number of hydrogen-bond acceptors (Lipinski definition) is 6. The van der Waals surface area contributed by atoms with Crippen molar-refractivity contribution in [2.24, 2.45) is 0 Å². The molecule has 0 atom stereocenters. The molecule has 4 rings (SSSR count). The Morgan fingerprint density at radius 1 is 0.946 bits per heavy atom. The maximum atomic E-state index is 12.0. The van der Waals surface area contributed by atoms with E-state index in [1.165, 1.54) is 0 Å². The first-order valence-corrected chi connectivity index (χ1v) is 12.1. The number of nitrogens with zero attached hydrogens (tertiary/aromatic N) is 2. The Morgan fingerprint density at radius 3 is 2.30 bits per heavy atom. The van der Waals surface area contributed by atoms with Crippen LogP contribution in [0.15, 0.2) is 95.4 Å². The summed E-state index contributed by atoms with van der Waals surface area (Å²) in [6.45, 7) is 2.55. The minimum atomic E-state index is 0.0166. The van der Waals surface area contributed by atoms with E-state index in [0.29, 0.717) is 19.1 Å². The molecule has 7 heteroatoms. The van der Waals surface area contributed by atoms with Crippen LogP contribution in [0.3, 0.4) is 0 Å². The van der Waals surface area contributed by atoms with E-state index in [2.05, 4.69) is 10.5 Å². The van der Waals surface area contributed by atoms with E-state index in [-0.39, 0.29) is 12.3 Å². The third kappa shape index (κ3) is 7.32. The fourth-order valence-electron chi connectivity index (χ4n) is 3.51. The Kier molecular flexibility index (Phi) is 8.73. The minimum Gasteiger partial charge on any atom is -0.487 e. The molecule has 0 aliphatic rings. The number of hydroxylamine groups is 1. The number of nitrogens with one attached hydrogen (secondary N) is 1. The number of rotatable bonds is 11. The summed E-state index contributed by atoms with van der Waals surface area (Å²) >= 11 is 0. The molecule has 0 bridgehead atoms. The van der Waals surface area contributed by atoms with Crippen LogP contribution in [0.4, 0.5) is 0 Å². The number of amides is 1. The number of carbonyl (C=O) groups excluding carboxylic acids is 1. The molecule has 0 aliphatic heterocycles. The van der Waals surface area contributed by atoms with Gasteiger partial charge in [-0.15, -0.1) is 0 Å². The van der Waals surface area contributed by atoms with Crippen molar-refractivity contribution in [2.75, 3.05) is 14.1 Å². The normalized spacial score (nSPS) is 11.3. The molecule has 0 saturated carbocycles. The highest BCUT2D eigenvalue weighted by Crippen LogP contribution is 2.23. The van der Waals surface area contributed by atoms with Crippen LogP contribution in [0.1, 0.15) is 29.0 Å².